The van der Waals surface area contributed by atoms with Gasteiger partial charge in [0.2, 0.25) is 5.13 Å². The summed E-state index contributed by atoms with van der Waals surface area (Å²) in [6.45, 7) is -0.276. The predicted octanol–water partition coefficient (Wildman–Crippen LogP) is 6.09. The van der Waals surface area contributed by atoms with E-state index < -0.39 is 34.9 Å². The van der Waals surface area contributed by atoms with Crippen LogP contribution in [0.15, 0.2) is 65.6 Å². The molecular formula is C21H13F7N6S. The topological polar surface area (TPSA) is 68.0 Å². The van der Waals surface area contributed by atoms with Crippen LogP contribution in [0, 0.1) is 5.82 Å². The Kier molecular flexibility index (Phi) is 6.56. The van der Waals surface area contributed by atoms with E-state index in [1.165, 1.54) is 35.3 Å². The second-order valence-electron chi connectivity index (χ2n) is 7.10. The average Bonchev–Trinajstić information content (AvgIpc) is 3.48. The Labute approximate surface area is 196 Å². The number of hydrogen-bond donors (Lipinski definition) is 1. The van der Waals surface area contributed by atoms with Gasteiger partial charge in [-0.05, 0) is 42.5 Å². The van der Waals surface area contributed by atoms with Crippen LogP contribution in [0.2, 0.25) is 0 Å². The molecule has 0 fully saturated rings. The highest BCUT2D eigenvalue weighted by molar-refractivity contribution is 7.14. The lowest BCUT2D eigenvalue weighted by Gasteiger charge is -2.15. The van der Waals surface area contributed by atoms with Gasteiger partial charge in [0.25, 0.3) is 0 Å². The fourth-order valence-electron chi connectivity index (χ4n) is 2.97. The lowest BCUT2D eigenvalue weighted by molar-refractivity contribution is -0.143. The summed E-state index contributed by atoms with van der Waals surface area (Å²) in [5.41, 5.74) is 0.125. The van der Waals surface area contributed by atoms with E-state index in [2.05, 4.69) is 25.6 Å². The fraction of sp³-hybridized carbons (Fsp3) is 0.143. The van der Waals surface area contributed by atoms with Gasteiger partial charge in [-0.15, -0.1) is 11.3 Å². The number of nitrogens with one attached hydrogen (secondary N) is 1. The second kappa shape index (κ2) is 9.44. The van der Waals surface area contributed by atoms with Crippen molar-refractivity contribution >= 4 is 22.2 Å². The summed E-state index contributed by atoms with van der Waals surface area (Å²) in [4.78, 5) is 7.99. The molecule has 0 amide bonds. The third kappa shape index (κ3) is 6.01. The number of rotatable bonds is 6. The fourth-order valence-corrected chi connectivity index (χ4v) is 3.64. The van der Waals surface area contributed by atoms with Crippen LogP contribution in [0.3, 0.4) is 0 Å². The Hall–Kier alpha value is -3.81. The summed E-state index contributed by atoms with van der Waals surface area (Å²) >= 11 is 1.09. The van der Waals surface area contributed by atoms with Crippen molar-refractivity contribution in [2.24, 2.45) is 5.10 Å². The lowest BCUT2D eigenvalue weighted by Crippen LogP contribution is -2.18. The van der Waals surface area contributed by atoms with E-state index in [1.807, 2.05) is 0 Å². The largest absolute Gasteiger partial charge is 0.416 e. The van der Waals surface area contributed by atoms with Crippen LogP contribution in [0.4, 0.5) is 35.9 Å². The van der Waals surface area contributed by atoms with Gasteiger partial charge in [0, 0.05) is 16.5 Å². The Balaban J connectivity index is 1.71. The molecular weight excluding hydrogens is 501 g/mol. The monoisotopic (exact) mass is 514 g/mol. The number of hydrogen-bond acceptors (Lipinski definition) is 6. The SMILES string of the molecule is Fc1ccc(-c2csc(N/N=C(/Cn3cncn3)c3cc(C(F)(F)F)cc(C(F)(F)F)c3)n2)cc1. The minimum absolute atomic E-state index is 0.0415. The number of alkyl halides is 6. The summed E-state index contributed by atoms with van der Waals surface area (Å²) in [6, 6.07) is 6.73. The maximum atomic E-state index is 13.3. The molecule has 0 atom stereocenters. The molecule has 0 aliphatic carbocycles. The Morgan fingerprint density at radius 1 is 0.971 bits per heavy atom. The minimum Gasteiger partial charge on any atom is -0.252 e. The van der Waals surface area contributed by atoms with Gasteiger partial charge >= 0.3 is 12.4 Å². The molecule has 0 spiro atoms. The molecule has 0 radical (unpaired) electrons. The second-order valence-corrected chi connectivity index (χ2v) is 7.96. The Bertz CT molecular complexity index is 1290. The number of nitrogens with zero attached hydrogens (tertiary/aromatic N) is 5. The van der Waals surface area contributed by atoms with Crippen molar-refractivity contribution in [2.45, 2.75) is 18.9 Å². The molecule has 0 unspecified atom stereocenters. The molecule has 2 aromatic heterocycles. The van der Waals surface area contributed by atoms with Gasteiger partial charge in [0.05, 0.1) is 29.1 Å². The number of benzene rings is 2. The molecule has 0 bridgehead atoms. The molecule has 0 aliphatic heterocycles. The number of anilines is 1. The third-order valence-corrected chi connectivity index (χ3v) is 5.38. The summed E-state index contributed by atoms with van der Waals surface area (Å²) in [6.07, 6.45) is -7.62. The van der Waals surface area contributed by atoms with Crippen LogP contribution in [0.1, 0.15) is 16.7 Å². The van der Waals surface area contributed by atoms with E-state index in [9.17, 15) is 30.7 Å². The molecule has 0 saturated heterocycles. The van der Waals surface area contributed by atoms with Crippen molar-refractivity contribution in [1.82, 2.24) is 19.7 Å². The summed E-state index contributed by atoms with van der Waals surface area (Å²) < 4.78 is 94.3. The molecule has 35 heavy (non-hydrogen) atoms. The van der Waals surface area contributed by atoms with Gasteiger partial charge < -0.3 is 0 Å². The highest BCUT2D eigenvalue weighted by Gasteiger charge is 2.37. The first-order valence-electron chi connectivity index (χ1n) is 9.65. The molecule has 2 heterocycles. The molecule has 182 valence electrons. The lowest BCUT2D eigenvalue weighted by atomic mass is 10.0. The molecule has 0 saturated carbocycles. The molecule has 1 N–H and O–H groups in total. The van der Waals surface area contributed by atoms with Crippen molar-refractivity contribution < 1.29 is 30.7 Å². The zero-order valence-corrected chi connectivity index (χ0v) is 18.1. The minimum atomic E-state index is -5.01. The van der Waals surface area contributed by atoms with Crippen molar-refractivity contribution in [1.29, 1.82) is 0 Å². The summed E-state index contributed by atoms with van der Waals surface area (Å²) in [7, 11) is 0. The van der Waals surface area contributed by atoms with Crippen LogP contribution < -0.4 is 5.43 Å². The number of halogens is 7. The summed E-state index contributed by atoms with van der Waals surface area (Å²) in [5.74, 6) is -0.427. The molecule has 4 rings (SSSR count). The zero-order valence-electron chi connectivity index (χ0n) is 17.3. The average molecular weight is 514 g/mol. The Morgan fingerprint density at radius 3 is 2.20 bits per heavy atom. The highest BCUT2D eigenvalue weighted by atomic mass is 32.1. The van der Waals surface area contributed by atoms with E-state index in [0.717, 1.165) is 17.7 Å². The van der Waals surface area contributed by atoms with Crippen LogP contribution in [-0.4, -0.2) is 25.5 Å². The molecule has 14 heteroatoms. The van der Waals surface area contributed by atoms with Gasteiger partial charge in [0.15, 0.2) is 0 Å². The van der Waals surface area contributed by atoms with Crippen LogP contribution in [-0.2, 0) is 18.9 Å². The molecule has 4 aromatic rings. The number of thiazole rings is 1. The number of hydrazone groups is 1. The van der Waals surface area contributed by atoms with Crippen LogP contribution >= 0.6 is 11.3 Å². The van der Waals surface area contributed by atoms with Crippen molar-refractivity contribution in [3.8, 4) is 11.3 Å². The summed E-state index contributed by atoms with van der Waals surface area (Å²) in [5, 5.41) is 9.72. The maximum Gasteiger partial charge on any atom is 0.416 e. The van der Waals surface area contributed by atoms with Gasteiger partial charge in [0.1, 0.15) is 18.5 Å². The quantitative estimate of drug-likeness (QED) is 0.192. The van der Waals surface area contributed by atoms with Crippen molar-refractivity contribution in [2.75, 3.05) is 5.43 Å². The highest BCUT2D eigenvalue weighted by Crippen LogP contribution is 2.36. The first-order valence-corrected chi connectivity index (χ1v) is 10.5. The van der Waals surface area contributed by atoms with Gasteiger partial charge in [-0.3, -0.25) is 5.43 Å². The number of aromatic nitrogens is 4. The van der Waals surface area contributed by atoms with Gasteiger partial charge in [-0.2, -0.15) is 36.5 Å². The Morgan fingerprint density at radius 2 is 1.63 bits per heavy atom. The standard InChI is InChI=1S/C21H13F7N6S/c22-16-3-1-12(2-4-16)18-9-35-19(31-18)33-32-17(8-34-11-29-10-30-34)13-5-14(20(23,24)25)7-15(6-13)21(26,27)28/h1-7,9-11H,8H2,(H,31,33)/b32-17-. The maximum absolute atomic E-state index is 13.3. The third-order valence-electron chi connectivity index (χ3n) is 4.63. The van der Waals surface area contributed by atoms with Crippen LogP contribution in [0.5, 0.6) is 0 Å². The zero-order chi connectivity index (χ0) is 25.2. The van der Waals surface area contributed by atoms with Gasteiger partial charge in [-0.25, -0.2) is 19.0 Å². The smallest absolute Gasteiger partial charge is 0.252 e. The predicted molar refractivity (Wildman–Crippen MR) is 114 cm³/mol. The van der Waals surface area contributed by atoms with Gasteiger partial charge in [-0.1, -0.05) is 0 Å². The normalized spacial score (nSPS) is 12.7. The van der Waals surface area contributed by atoms with E-state index in [1.54, 1.807) is 5.38 Å². The van der Waals surface area contributed by atoms with Crippen molar-refractivity contribution in [3.05, 3.63) is 83.0 Å². The van der Waals surface area contributed by atoms with Crippen molar-refractivity contribution in [3.63, 3.8) is 0 Å². The van der Waals surface area contributed by atoms with E-state index in [0.29, 0.717) is 23.4 Å². The molecule has 0 aliphatic rings. The molecule has 6 nitrogen and oxygen atoms in total. The van der Waals surface area contributed by atoms with E-state index in [-0.39, 0.29) is 23.5 Å². The van der Waals surface area contributed by atoms with E-state index >= 15 is 0 Å². The van der Waals surface area contributed by atoms with Crippen LogP contribution in [0.25, 0.3) is 11.3 Å². The molecule has 2 aromatic carbocycles. The van der Waals surface area contributed by atoms with E-state index in [4.69, 9.17) is 0 Å². The first-order chi connectivity index (χ1) is 16.5. The first kappa shape index (κ1) is 24.3.